The number of aliphatic hydroxyl groups is 1. The molecule has 0 heterocycles. The molecule has 0 bridgehead atoms. The van der Waals surface area contributed by atoms with Gasteiger partial charge in [0.15, 0.2) is 0 Å². The lowest BCUT2D eigenvalue weighted by atomic mass is 9.73. The van der Waals surface area contributed by atoms with Gasteiger partial charge in [-0.1, -0.05) is 20.8 Å². The van der Waals surface area contributed by atoms with E-state index in [-0.39, 0.29) is 12.6 Å². The van der Waals surface area contributed by atoms with Gasteiger partial charge in [-0.3, -0.25) is 0 Å². The highest BCUT2D eigenvalue weighted by Crippen LogP contribution is 2.34. The van der Waals surface area contributed by atoms with Crippen molar-refractivity contribution in [1.29, 1.82) is 0 Å². The van der Waals surface area contributed by atoms with Crippen LogP contribution in [0.15, 0.2) is 0 Å². The van der Waals surface area contributed by atoms with Crippen LogP contribution in [0.5, 0.6) is 0 Å². The molecule has 2 N–H and O–H groups in total. The van der Waals surface area contributed by atoms with Crippen LogP contribution < -0.4 is 5.32 Å². The standard InChI is InChI=1S/C17H36N2O/c1-6-9-18-17-8-7-15(13(2)3)10-16(17)11-19(5)14(4)12-20/h13-18,20H,6-12H2,1-5H3. The Morgan fingerprint density at radius 1 is 1.25 bits per heavy atom. The van der Waals surface area contributed by atoms with E-state index < -0.39 is 0 Å². The van der Waals surface area contributed by atoms with Crippen LogP contribution in [0.1, 0.15) is 53.4 Å². The minimum absolute atomic E-state index is 0.254. The molecule has 4 unspecified atom stereocenters. The first-order chi connectivity index (χ1) is 9.49. The van der Waals surface area contributed by atoms with E-state index in [1.54, 1.807) is 0 Å². The highest BCUT2D eigenvalue weighted by atomic mass is 16.3. The minimum atomic E-state index is 0.254. The zero-order chi connectivity index (χ0) is 15.1. The molecule has 1 aliphatic rings. The van der Waals surface area contributed by atoms with Gasteiger partial charge in [0.1, 0.15) is 0 Å². The Morgan fingerprint density at radius 3 is 2.50 bits per heavy atom. The van der Waals surface area contributed by atoms with Crippen LogP contribution in [-0.4, -0.2) is 48.8 Å². The van der Waals surface area contributed by atoms with Crippen LogP contribution in [0.3, 0.4) is 0 Å². The molecular formula is C17H36N2O. The van der Waals surface area contributed by atoms with E-state index in [1.165, 1.54) is 25.7 Å². The van der Waals surface area contributed by atoms with E-state index in [0.29, 0.717) is 6.04 Å². The molecule has 3 nitrogen and oxygen atoms in total. The molecule has 120 valence electrons. The third-order valence-corrected chi connectivity index (χ3v) is 5.16. The smallest absolute Gasteiger partial charge is 0.0584 e. The molecule has 0 saturated heterocycles. The van der Waals surface area contributed by atoms with Crippen LogP contribution in [0.4, 0.5) is 0 Å². The number of likely N-dealkylation sites (N-methyl/N-ethyl adjacent to an activating group) is 1. The summed E-state index contributed by atoms with van der Waals surface area (Å²) < 4.78 is 0. The highest BCUT2D eigenvalue weighted by molar-refractivity contribution is 4.87. The monoisotopic (exact) mass is 284 g/mol. The Hall–Kier alpha value is -0.120. The third-order valence-electron chi connectivity index (χ3n) is 5.16. The van der Waals surface area contributed by atoms with Crippen molar-refractivity contribution in [3.05, 3.63) is 0 Å². The maximum atomic E-state index is 9.32. The summed E-state index contributed by atoms with van der Waals surface area (Å²) in [7, 11) is 2.15. The Kier molecular flexibility index (Phi) is 8.08. The Labute approximate surface area is 126 Å². The second-order valence-electron chi connectivity index (χ2n) is 7.11. The topological polar surface area (TPSA) is 35.5 Å². The number of nitrogens with one attached hydrogen (secondary N) is 1. The van der Waals surface area contributed by atoms with Crippen molar-refractivity contribution in [2.24, 2.45) is 17.8 Å². The maximum Gasteiger partial charge on any atom is 0.0584 e. The SMILES string of the molecule is CCCNC1CCC(C(C)C)CC1CN(C)C(C)CO. The molecular weight excluding hydrogens is 248 g/mol. The highest BCUT2D eigenvalue weighted by Gasteiger charge is 2.32. The van der Waals surface area contributed by atoms with Gasteiger partial charge < -0.3 is 15.3 Å². The molecule has 1 fully saturated rings. The molecule has 3 heteroatoms. The molecule has 1 rings (SSSR count). The predicted octanol–water partition coefficient (Wildman–Crippen LogP) is 2.74. The predicted molar refractivity (Wildman–Crippen MR) is 86.9 cm³/mol. The zero-order valence-corrected chi connectivity index (χ0v) is 14.2. The van der Waals surface area contributed by atoms with Gasteiger partial charge in [-0.2, -0.15) is 0 Å². The van der Waals surface area contributed by atoms with Crippen molar-refractivity contribution in [2.75, 3.05) is 26.7 Å². The van der Waals surface area contributed by atoms with Crippen molar-refractivity contribution in [3.8, 4) is 0 Å². The van der Waals surface area contributed by atoms with E-state index in [9.17, 15) is 5.11 Å². The molecule has 4 atom stereocenters. The first kappa shape index (κ1) is 17.9. The van der Waals surface area contributed by atoms with Crippen LogP contribution >= 0.6 is 0 Å². The van der Waals surface area contributed by atoms with E-state index in [2.05, 4.69) is 45.0 Å². The van der Waals surface area contributed by atoms with E-state index in [0.717, 1.165) is 30.8 Å². The average molecular weight is 284 g/mol. The molecule has 20 heavy (non-hydrogen) atoms. The fraction of sp³-hybridized carbons (Fsp3) is 1.00. The molecule has 0 aromatic carbocycles. The lowest BCUT2D eigenvalue weighted by Gasteiger charge is -2.41. The van der Waals surface area contributed by atoms with Gasteiger partial charge in [0.05, 0.1) is 6.61 Å². The lowest BCUT2D eigenvalue weighted by Crippen LogP contribution is -2.47. The van der Waals surface area contributed by atoms with E-state index in [1.807, 2.05) is 0 Å². The first-order valence-electron chi connectivity index (χ1n) is 8.54. The number of aliphatic hydroxyl groups excluding tert-OH is 1. The van der Waals surface area contributed by atoms with Gasteiger partial charge in [-0.05, 0) is 64.0 Å². The second kappa shape index (κ2) is 9.01. The minimum Gasteiger partial charge on any atom is -0.395 e. The van der Waals surface area contributed by atoms with Crippen LogP contribution in [-0.2, 0) is 0 Å². The molecule has 1 aliphatic carbocycles. The van der Waals surface area contributed by atoms with Crippen molar-refractivity contribution in [2.45, 2.75) is 65.5 Å². The lowest BCUT2D eigenvalue weighted by molar-refractivity contribution is 0.0954. The van der Waals surface area contributed by atoms with Crippen LogP contribution in [0.2, 0.25) is 0 Å². The molecule has 0 amide bonds. The molecule has 0 aromatic rings. The summed E-state index contributed by atoms with van der Waals surface area (Å²) >= 11 is 0. The number of hydrogen-bond donors (Lipinski definition) is 2. The number of hydrogen-bond acceptors (Lipinski definition) is 3. The average Bonchev–Trinajstić information content (AvgIpc) is 2.44. The first-order valence-corrected chi connectivity index (χ1v) is 8.54. The van der Waals surface area contributed by atoms with Gasteiger partial charge in [-0.25, -0.2) is 0 Å². The zero-order valence-electron chi connectivity index (χ0n) is 14.2. The van der Waals surface area contributed by atoms with Gasteiger partial charge in [-0.15, -0.1) is 0 Å². The Morgan fingerprint density at radius 2 is 1.95 bits per heavy atom. The molecule has 0 aromatic heterocycles. The quantitative estimate of drug-likeness (QED) is 0.719. The van der Waals surface area contributed by atoms with Gasteiger partial charge in [0.2, 0.25) is 0 Å². The fourth-order valence-electron chi connectivity index (χ4n) is 3.40. The normalized spacial score (nSPS) is 29.1. The van der Waals surface area contributed by atoms with Gasteiger partial charge >= 0.3 is 0 Å². The summed E-state index contributed by atoms with van der Waals surface area (Å²) in [6, 6.07) is 0.930. The van der Waals surface area contributed by atoms with Crippen molar-refractivity contribution < 1.29 is 5.11 Å². The van der Waals surface area contributed by atoms with Crippen molar-refractivity contribution in [3.63, 3.8) is 0 Å². The number of nitrogens with zero attached hydrogens (tertiary/aromatic N) is 1. The summed E-state index contributed by atoms with van der Waals surface area (Å²) in [4.78, 5) is 2.33. The molecule has 1 saturated carbocycles. The van der Waals surface area contributed by atoms with E-state index >= 15 is 0 Å². The third kappa shape index (κ3) is 5.34. The molecule has 0 spiro atoms. The second-order valence-corrected chi connectivity index (χ2v) is 7.11. The summed E-state index contributed by atoms with van der Waals surface area (Å²) in [5.74, 6) is 2.39. The summed E-state index contributed by atoms with van der Waals surface area (Å²) in [6.07, 6.45) is 5.23. The summed E-state index contributed by atoms with van der Waals surface area (Å²) in [5.41, 5.74) is 0. The largest absolute Gasteiger partial charge is 0.395 e. The fourth-order valence-corrected chi connectivity index (χ4v) is 3.40. The Bertz CT molecular complexity index is 257. The number of rotatable bonds is 8. The van der Waals surface area contributed by atoms with Crippen molar-refractivity contribution >= 4 is 0 Å². The van der Waals surface area contributed by atoms with E-state index in [4.69, 9.17) is 0 Å². The summed E-state index contributed by atoms with van der Waals surface area (Å²) in [5, 5.41) is 13.1. The van der Waals surface area contributed by atoms with Gasteiger partial charge in [0, 0.05) is 18.6 Å². The molecule has 0 radical (unpaired) electrons. The van der Waals surface area contributed by atoms with Crippen LogP contribution in [0.25, 0.3) is 0 Å². The van der Waals surface area contributed by atoms with Crippen LogP contribution in [0, 0.1) is 17.8 Å². The molecule has 0 aliphatic heterocycles. The van der Waals surface area contributed by atoms with Crippen molar-refractivity contribution in [1.82, 2.24) is 10.2 Å². The van der Waals surface area contributed by atoms with Gasteiger partial charge in [0.25, 0.3) is 0 Å². The maximum absolute atomic E-state index is 9.32. The summed E-state index contributed by atoms with van der Waals surface area (Å²) in [6.45, 7) is 11.6. The Balaban J connectivity index is 2.60.